The maximum atomic E-state index is 12.7. The topological polar surface area (TPSA) is 45.8 Å². The van der Waals surface area contributed by atoms with E-state index in [2.05, 4.69) is 9.97 Å². The lowest BCUT2D eigenvalue weighted by molar-refractivity contribution is 0.980. The van der Waals surface area contributed by atoms with E-state index in [1.165, 1.54) is 11.8 Å². The van der Waals surface area contributed by atoms with E-state index in [4.69, 9.17) is 11.6 Å². The van der Waals surface area contributed by atoms with Crippen molar-refractivity contribution in [3.05, 3.63) is 80.4 Å². The number of fused-ring (bicyclic) bond motifs is 1. The number of aromatic nitrogens is 2. The van der Waals surface area contributed by atoms with Crippen LogP contribution in [-0.4, -0.2) is 9.97 Å². The molecule has 0 aliphatic carbocycles. The van der Waals surface area contributed by atoms with Gasteiger partial charge in [0.25, 0.3) is 5.56 Å². The fourth-order valence-corrected chi connectivity index (χ4v) is 5.02. The zero-order valence-electron chi connectivity index (χ0n) is 14.0. The molecule has 0 saturated carbocycles. The number of nitrogens with zero attached hydrogens (tertiary/aromatic N) is 1. The number of thiophene rings is 1. The third-order valence-corrected chi connectivity index (χ3v) is 6.22. The molecule has 0 radical (unpaired) electrons. The van der Waals surface area contributed by atoms with Crippen LogP contribution in [0.3, 0.4) is 0 Å². The van der Waals surface area contributed by atoms with Crippen molar-refractivity contribution in [3.63, 3.8) is 0 Å². The molecule has 2 heterocycles. The first-order chi connectivity index (χ1) is 12.6. The molecule has 0 amide bonds. The largest absolute Gasteiger partial charge is 0.301 e. The van der Waals surface area contributed by atoms with Gasteiger partial charge in [0, 0.05) is 21.2 Å². The van der Waals surface area contributed by atoms with Gasteiger partial charge in [0.1, 0.15) is 4.83 Å². The monoisotopic (exact) mass is 398 g/mol. The van der Waals surface area contributed by atoms with Crippen molar-refractivity contribution in [2.45, 2.75) is 17.8 Å². The van der Waals surface area contributed by atoms with Crippen molar-refractivity contribution in [1.82, 2.24) is 9.97 Å². The summed E-state index contributed by atoms with van der Waals surface area (Å²) in [6, 6.07) is 17.7. The van der Waals surface area contributed by atoms with Crippen molar-refractivity contribution in [2.75, 3.05) is 0 Å². The van der Waals surface area contributed by atoms with Crippen LogP contribution in [0.4, 0.5) is 0 Å². The Kier molecular flexibility index (Phi) is 4.85. The minimum absolute atomic E-state index is 0.0909. The molecule has 2 aromatic carbocycles. The predicted octanol–water partition coefficient (Wildman–Crippen LogP) is 5.91. The molecule has 0 atom stereocenters. The molecular weight excluding hydrogens is 384 g/mol. The first kappa shape index (κ1) is 17.3. The second-order valence-corrected chi connectivity index (χ2v) is 8.47. The van der Waals surface area contributed by atoms with E-state index in [0.29, 0.717) is 21.3 Å². The Bertz CT molecular complexity index is 1140. The van der Waals surface area contributed by atoms with Gasteiger partial charge in [0.05, 0.1) is 5.39 Å². The summed E-state index contributed by atoms with van der Waals surface area (Å²) in [5, 5.41) is 2.01. The molecule has 0 fully saturated rings. The molecule has 0 unspecified atom stereocenters. The standard InChI is InChI=1S/C20H15ClN2OS2/c1-12-16(14-7-3-2-4-8-14)17-18(24)22-20(23-19(17)26-12)25-11-13-6-5-9-15(21)10-13/h2-10H,11H2,1H3,(H,22,23,24). The summed E-state index contributed by atoms with van der Waals surface area (Å²) in [6.07, 6.45) is 0. The van der Waals surface area contributed by atoms with Gasteiger partial charge in [0.15, 0.2) is 5.16 Å². The van der Waals surface area contributed by atoms with Gasteiger partial charge in [0.2, 0.25) is 0 Å². The van der Waals surface area contributed by atoms with E-state index in [1.807, 2.05) is 61.5 Å². The minimum Gasteiger partial charge on any atom is -0.301 e. The molecule has 130 valence electrons. The van der Waals surface area contributed by atoms with Gasteiger partial charge in [-0.3, -0.25) is 4.79 Å². The second-order valence-electron chi connectivity index (χ2n) is 5.87. The number of aryl methyl sites for hydroxylation is 1. The Morgan fingerprint density at radius 2 is 1.96 bits per heavy atom. The summed E-state index contributed by atoms with van der Waals surface area (Å²) in [5.41, 5.74) is 3.03. The smallest absolute Gasteiger partial charge is 0.260 e. The molecule has 1 N–H and O–H groups in total. The lowest BCUT2D eigenvalue weighted by Crippen LogP contribution is -2.08. The Morgan fingerprint density at radius 3 is 2.73 bits per heavy atom. The fraction of sp³-hybridized carbons (Fsp3) is 0.100. The first-order valence-electron chi connectivity index (χ1n) is 8.08. The van der Waals surface area contributed by atoms with E-state index >= 15 is 0 Å². The van der Waals surface area contributed by atoms with Crippen LogP contribution in [0.15, 0.2) is 64.5 Å². The predicted molar refractivity (Wildman–Crippen MR) is 111 cm³/mol. The number of hydrogen-bond acceptors (Lipinski definition) is 4. The van der Waals surface area contributed by atoms with Crippen LogP contribution in [0.2, 0.25) is 5.02 Å². The van der Waals surface area contributed by atoms with Crippen molar-refractivity contribution >= 4 is 44.9 Å². The quantitative estimate of drug-likeness (QED) is 0.343. The number of nitrogens with one attached hydrogen (secondary N) is 1. The number of rotatable bonds is 4. The molecule has 26 heavy (non-hydrogen) atoms. The Hall–Kier alpha value is -2.08. The molecule has 2 aromatic heterocycles. The molecule has 4 aromatic rings. The zero-order chi connectivity index (χ0) is 18.1. The maximum absolute atomic E-state index is 12.7. The van der Waals surface area contributed by atoms with Crippen LogP contribution in [0.5, 0.6) is 0 Å². The highest BCUT2D eigenvalue weighted by molar-refractivity contribution is 7.98. The molecule has 0 bridgehead atoms. The summed E-state index contributed by atoms with van der Waals surface area (Å²) in [4.78, 5) is 22.2. The van der Waals surface area contributed by atoms with Crippen LogP contribution < -0.4 is 5.56 Å². The molecule has 4 rings (SSSR count). The molecule has 3 nitrogen and oxygen atoms in total. The van der Waals surface area contributed by atoms with E-state index in [-0.39, 0.29) is 5.56 Å². The summed E-state index contributed by atoms with van der Waals surface area (Å²) >= 11 is 9.09. The van der Waals surface area contributed by atoms with Crippen molar-refractivity contribution in [2.24, 2.45) is 0 Å². The second kappa shape index (κ2) is 7.27. The lowest BCUT2D eigenvalue weighted by Gasteiger charge is -2.03. The number of halogens is 1. The molecule has 6 heteroatoms. The number of benzene rings is 2. The van der Waals surface area contributed by atoms with Gasteiger partial charge in [-0.25, -0.2) is 4.98 Å². The molecular formula is C20H15ClN2OS2. The van der Waals surface area contributed by atoms with E-state index in [0.717, 1.165) is 26.4 Å². The van der Waals surface area contributed by atoms with Gasteiger partial charge in [-0.05, 0) is 30.2 Å². The van der Waals surface area contributed by atoms with E-state index < -0.39 is 0 Å². The highest BCUT2D eigenvalue weighted by atomic mass is 35.5. The number of H-pyrrole nitrogens is 1. The van der Waals surface area contributed by atoms with Crippen LogP contribution in [0.25, 0.3) is 21.3 Å². The van der Waals surface area contributed by atoms with Crippen molar-refractivity contribution in [3.8, 4) is 11.1 Å². The Morgan fingerprint density at radius 1 is 1.15 bits per heavy atom. The Balaban J connectivity index is 1.71. The fourth-order valence-electron chi connectivity index (χ4n) is 2.90. The molecule has 0 saturated heterocycles. The highest BCUT2D eigenvalue weighted by Crippen LogP contribution is 2.36. The lowest BCUT2D eigenvalue weighted by atomic mass is 10.0. The number of thioether (sulfide) groups is 1. The summed E-state index contributed by atoms with van der Waals surface area (Å²) in [6.45, 7) is 2.03. The SMILES string of the molecule is Cc1sc2nc(SCc3cccc(Cl)c3)[nH]c(=O)c2c1-c1ccccc1. The molecule has 0 spiro atoms. The van der Waals surface area contributed by atoms with Gasteiger partial charge < -0.3 is 4.98 Å². The van der Waals surface area contributed by atoms with Crippen LogP contribution in [0, 0.1) is 6.92 Å². The first-order valence-corrected chi connectivity index (χ1v) is 10.3. The third-order valence-electron chi connectivity index (χ3n) is 4.04. The summed E-state index contributed by atoms with van der Waals surface area (Å²) < 4.78 is 0. The van der Waals surface area contributed by atoms with Gasteiger partial charge >= 0.3 is 0 Å². The summed E-state index contributed by atoms with van der Waals surface area (Å²) in [5.74, 6) is 0.699. The van der Waals surface area contributed by atoms with Crippen molar-refractivity contribution < 1.29 is 0 Å². The van der Waals surface area contributed by atoms with Crippen molar-refractivity contribution in [1.29, 1.82) is 0 Å². The molecule has 0 aliphatic heterocycles. The van der Waals surface area contributed by atoms with E-state index in [1.54, 1.807) is 11.3 Å². The van der Waals surface area contributed by atoms with Crippen LogP contribution in [-0.2, 0) is 5.75 Å². The van der Waals surface area contributed by atoms with E-state index in [9.17, 15) is 4.79 Å². The average Bonchev–Trinajstić information content (AvgIpc) is 2.97. The zero-order valence-corrected chi connectivity index (χ0v) is 16.3. The minimum atomic E-state index is -0.0909. The van der Waals surface area contributed by atoms with Gasteiger partial charge in [-0.1, -0.05) is 65.8 Å². The van der Waals surface area contributed by atoms with Gasteiger partial charge in [-0.2, -0.15) is 0 Å². The number of hydrogen-bond donors (Lipinski definition) is 1. The maximum Gasteiger partial charge on any atom is 0.260 e. The Labute approximate surface area is 164 Å². The molecule has 0 aliphatic rings. The van der Waals surface area contributed by atoms with Crippen LogP contribution >= 0.6 is 34.7 Å². The third kappa shape index (κ3) is 3.43. The van der Waals surface area contributed by atoms with Gasteiger partial charge in [-0.15, -0.1) is 11.3 Å². The van der Waals surface area contributed by atoms with Crippen LogP contribution in [0.1, 0.15) is 10.4 Å². The highest BCUT2D eigenvalue weighted by Gasteiger charge is 2.16. The normalized spacial score (nSPS) is 11.2. The summed E-state index contributed by atoms with van der Waals surface area (Å²) in [7, 11) is 0. The number of aromatic amines is 1. The average molecular weight is 399 g/mol.